The molecule has 4 aliphatic rings. The first-order valence-corrected chi connectivity index (χ1v) is 18.0. The summed E-state index contributed by atoms with van der Waals surface area (Å²) in [5, 5.41) is 0. The lowest BCUT2D eigenvalue weighted by atomic mass is 9.66. The van der Waals surface area contributed by atoms with Crippen molar-refractivity contribution in [3.05, 3.63) is 197 Å². The fourth-order valence-electron chi connectivity index (χ4n) is 9.03. The minimum atomic E-state index is -0.511. The van der Waals surface area contributed by atoms with Crippen LogP contribution >= 0.6 is 11.8 Å². The average Bonchev–Trinajstić information content (AvgIpc) is 3.91. The average molecular weight is 646 g/mol. The first kappa shape index (κ1) is 27.4. The Hall–Kier alpha value is -5.51. The molecule has 232 valence electrons. The summed E-state index contributed by atoms with van der Waals surface area (Å²) < 4.78 is 6.79. The molecular formula is C46H31NOS. The van der Waals surface area contributed by atoms with Crippen molar-refractivity contribution in [1.82, 2.24) is 0 Å². The number of nitrogens with zero attached hydrogens (tertiary/aromatic N) is 1. The van der Waals surface area contributed by atoms with Crippen molar-refractivity contribution in [1.29, 1.82) is 0 Å². The SMILES string of the molecule is c1ccc(N(c2ccc3c(c2)C2(c4ccccc4O3)c3ccccc3-c3ccccc32)c2cccc3c2C2CC2c2ccccc2S3)cc1. The van der Waals surface area contributed by atoms with Gasteiger partial charge in [0.15, 0.2) is 0 Å². The zero-order valence-corrected chi connectivity index (χ0v) is 27.5. The predicted octanol–water partition coefficient (Wildman–Crippen LogP) is 12.4. The standard InChI is InChI=1S/C46H31NOS/c1-2-13-29(14-3-1)47(40-21-12-24-44-45(40)35-28-34(35)33-17-6-11-23-43(33)49-44)30-25-26-42-39(27-30)46(38-20-9-10-22-41(38)48-42)36-18-7-4-15-31(36)32-16-5-8-19-37(32)46/h1-27,34-35H,28H2. The maximum Gasteiger partial charge on any atom is 0.132 e. The number of benzene rings is 7. The van der Waals surface area contributed by atoms with Gasteiger partial charge in [-0.3, -0.25) is 0 Å². The van der Waals surface area contributed by atoms with Gasteiger partial charge in [-0.05, 0) is 106 Å². The molecule has 1 fully saturated rings. The molecule has 7 aromatic carbocycles. The minimum absolute atomic E-state index is 0.501. The Labute approximate surface area is 290 Å². The summed E-state index contributed by atoms with van der Waals surface area (Å²) in [5.41, 5.74) is 13.5. The van der Waals surface area contributed by atoms with Crippen LogP contribution in [0.1, 0.15) is 51.6 Å². The van der Waals surface area contributed by atoms with E-state index in [-0.39, 0.29) is 0 Å². The van der Waals surface area contributed by atoms with E-state index in [1.54, 1.807) is 0 Å². The highest BCUT2D eigenvalue weighted by molar-refractivity contribution is 7.99. The minimum Gasteiger partial charge on any atom is -0.457 e. The van der Waals surface area contributed by atoms with Gasteiger partial charge in [-0.25, -0.2) is 0 Å². The maximum absolute atomic E-state index is 6.79. The second-order valence-corrected chi connectivity index (χ2v) is 14.7. The molecule has 0 radical (unpaired) electrons. The van der Waals surface area contributed by atoms with Gasteiger partial charge >= 0.3 is 0 Å². The topological polar surface area (TPSA) is 12.5 Å². The molecule has 11 rings (SSSR count). The molecule has 2 aliphatic heterocycles. The number of rotatable bonds is 3. The molecule has 2 atom stereocenters. The van der Waals surface area contributed by atoms with E-state index in [1.807, 2.05) is 11.8 Å². The van der Waals surface area contributed by atoms with Crippen molar-refractivity contribution in [3.8, 4) is 22.6 Å². The largest absolute Gasteiger partial charge is 0.457 e. The molecule has 0 saturated heterocycles. The van der Waals surface area contributed by atoms with Gasteiger partial charge in [0, 0.05) is 32.3 Å². The number of fused-ring (bicyclic) bond motifs is 14. The number of hydrogen-bond acceptors (Lipinski definition) is 3. The van der Waals surface area contributed by atoms with Crippen molar-refractivity contribution in [3.63, 3.8) is 0 Å². The highest BCUT2D eigenvalue weighted by Crippen LogP contribution is 2.65. The lowest BCUT2D eigenvalue weighted by Crippen LogP contribution is -2.32. The quantitative estimate of drug-likeness (QED) is 0.190. The van der Waals surface area contributed by atoms with Crippen LogP contribution in [0.15, 0.2) is 174 Å². The van der Waals surface area contributed by atoms with E-state index in [0.717, 1.165) is 22.9 Å². The number of ether oxygens (including phenoxy) is 1. The Kier molecular flexibility index (Phi) is 5.74. The lowest BCUT2D eigenvalue weighted by Gasteiger charge is -2.40. The van der Waals surface area contributed by atoms with Gasteiger partial charge in [0.25, 0.3) is 0 Å². The van der Waals surface area contributed by atoms with Crippen molar-refractivity contribution in [2.75, 3.05) is 4.90 Å². The van der Waals surface area contributed by atoms with Crippen molar-refractivity contribution in [2.24, 2.45) is 0 Å². The van der Waals surface area contributed by atoms with E-state index in [1.165, 1.54) is 66.4 Å². The third kappa shape index (κ3) is 3.79. The molecule has 7 aromatic rings. The Morgan fingerprint density at radius 1 is 0.510 bits per heavy atom. The highest BCUT2D eigenvalue weighted by atomic mass is 32.2. The van der Waals surface area contributed by atoms with E-state index in [0.29, 0.717) is 11.8 Å². The van der Waals surface area contributed by atoms with Crippen LogP contribution in [0.25, 0.3) is 11.1 Å². The van der Waals surface area contributed by atoms with Gasteiger partial charge in [0.2, 0.25) is 0 Å². The Morgan fingerprint density at radius 3 is 1.98 bits per heavy atom. The van der Waals surface area contributed by atoms with Gasteiger partial charge in [-0.15, -0.1) is 0 Å². The first-order chi connectivity index (χ1) is 24.3. The summed E-state index contributed by atoms with van der Waals surface area (Å²) in [6.45, 7) is 0. The van der Waals surface area contributed by atoms with Gasteiger partial charge in [0.05, 0.1) is 11.1 Å². The van der Waals surface area contributed by atoms with Gasteiger partial charge in [-0.2, -0.15) is 0 Å². The molecule has 3 heteroatoms. The van der Waals surface area contributed by atoms with E-state index in [4.69, 9.17) is 4.74 Å². The molecule has 1 spiro atoms. The Balaban J connectivity index is 1.17. The van der Waals surface area contributed by atoms with Crippen LogP contribution in [0.2, 0.25) is 0 Å². The van der Waals surface area contributed by atoms with Crippen LogP contribution in [0.4, 0.5) is 17.1 Å². The second kappa shape index (κ2) is 10.2. The molecular weight excluding hydrogens is 615 g/mol. The summed E-state index contributed by atoms with van der Waals surface area (Å²) in [5.74, 6) is 2.88. The molecule has 0 amide bonds. The van der Waals surface area contributed by atoms with Crippen LogP contribution in [-0.2, 0) is 5.41 Å². The van der Waals surface area contributed by atoms with Crippen LogP contribution in [0, 0.1) is 0 Å². The van der Waals surface area contributed by atoms with E-state index in [2.05, 4.69) is 169 Å². The molecule has 2 heterocycles. The zero-order valence-electron chi connectivity index (χ0n) is 26.7. The molecule has 1 saturated carbocycles. The summed E-state index contributed by atoms with van der Waals surface area (Å²) in [6.07, 6.45) is 1.19. The molecule has 49 heavy (non-hydrogen) atoms. The lowest BCUT2D eigenvalue weighted by molar-refractivity contribution is 0.436. The molecule has 0 N–H and O–H groups in total. The number of hydrogen-bond donors (Lipinski definition) is 0. The molecule has 2 unspecified atom stereocenters. The molecule has 0 bridgehead atoms. The van der Waals surface area contributed by atoms with Crippen LogP contribution in [0.5, 0.6) is 11.5 Å². The fraction of sp³-hybridized carbons (Fsp3) is 0.0870. The molecule has 2 aliphatic carbocycles. The second-order valence-electron chi connectivity index (χ2n) is 13.6. The predicted molar refractivity (Wildman–Crippen MR) is 199 cm³/mol. The normalized spacial score (nSPS) is 18.0. The fourth-order valence-corrected chi connectivity index (χ4v) is 10.3. The third-order valence-corrected chi connectivity index (χ3v) is 12.3. The zero-order chi connectivity index (χ0) is 32.1. The van der Waals surface area contributed by atoms with E-state index >= 15 is 0 Å². The van der Waals surface area contributed by atoms with Crippen molar-refractivity contribution in [2.45, 2.75) is 33.5 Å². The van der Waals surface area contributed by atoms with Gasteiger partial charge in [-0.1, -0.05) is 121 Å². The monoisotopic (exact) mass is 645 g/mol. The summed E-state index contributed by atoms with van der Waals surface area (Å²) in [6, 6.07) is 60.2. The Bertz CT molecular complexity index is 2420. The van der Waals surface area contributed by atoms with Crippen molar-refractivity contribution < 1.29 is 4.74 Å². The summed E-state index contributed by atoms with van der Waals surface area (Å²) in [4.78, 5) is 5.25. The smallest absolute Gasteiger partial charge is 0.132 e. The highest BCUT2D eigenvalue weighted by Gasteiger charge is 2.51. The van der Waals surface area contributed by atoms with Crippen LogP contribution < -0.4 is 9.64 Å². The van der Waals surface area contributed by atoms with Gasteiger partial charge < -0.3 is 9.64 Å². The van der Waals surface area contributed by atoms with E-state index in [9.17, 15) is 0 Å². The number of para-hydroxylation sites is 2. The van der Waals surface area contributed by atoms with Crippen LogP contribution in [-0.4, -0.2) is 0 Å². The van der Waals surface area contributed by atoms with Crippen molar-refractivity contribution >= 4 is 28.8 Å². The molecule has 2 nitrogen and oxygen atoms in total. The van der Waals surface area contributed by atoms with Gasteiger partial charge in [0.1, 0.15) is 11.5 Å². The first-order valence-electron chi connectivity index (χ1n) is 17.2. The summed E-state index contributed by atoms with van der Waals surface area (Å²) in [7, 11) is 0. The maximum atomic E-state index is 6.79. The third-order valence-electron chi connectivity index (χ3n) is 11.1. The van der Waals surface area contributed by atoms with Crippen LogP contribution in [0.3, 0.4) is 0 Å². The number of anilines is 3. The molecule has 0 aromatic heterocycles. The Morgan fingerprint density at radius 2 is 1.16 bits per heavy atom. The van der Waals surface area contributed by atoms with E-state index < -0.39 is 5.41 Å². The summed E-state index contributed by atoms with van der Waals surface area (Å²) >= 11 is 1.93.